The minimum Gasteiger partial charge on any atom is -0.445 e. The van der Waals surface area contributed by atoms with E-state index in [4.69, 9.17) is 22.1 Å². The molecule has 0 aliphatic heterocycles. The number of carbonyl (C=O) groups excluding carboxylic acids is 2. The maximum absolute atomic E-state index is 12.8. The molecular weight excluding hydrogens is 410 g/mol. The maximum atomic E-state index is 12.8. The van der Waals surface area contributed by atoms with Crippen LogP contribution in [0.15, 0.2) is 48.5 Å². The van der Waals surface area contributed by atoms with Crippen LogP contribution in [0.5, 0.6) is 0 Å². The van der Waals surface area contributed by atoms with E-state index in [1.807, 2.05) is 30.3 Å². The van der Waals surface area contributed by atoms with Crippen molar-refractivity contribution in [2.45, 2.75) is 25.5 Å². The molecule has 10 nitrogen and oxygen atoms in total. The summed E-state index contributed by atoms with van der Waals surface area (Å²) in [6.07, 6.45) is -0.212. The summed E-state index contributed by atoms with van der Waals surface area (Å²) in [5.41, 5.74) is 7.40. The average molecular weight is 430 g/mol. The monoisotopic (exact) mass is 429 g/mol. The van der Waals surface area contributed by atoms with Gasteiger partial charge in [-0.2, -0.15) is 5.21 Å². The molecule has 11 heteroatoms. The van der Waals surface area contributed by atoms with Crippen molar-refractivity contribution < 1.29 is 14.3 Å². The number of halogens is 1. The Balaban J connectivity index is 1.64. The molecule has 0 spiro atoms. The standard InChI is InChI=1S/C19H20ClN7O3/c20-13-6-7-14(21)16(10-13)22-18(28)15(8-9-17-24-26-27-25-17)23-19(29)30-11-12-4-2-1-3-5-12/h1-7,10,15H,8-9,11,21H2,(H,22,28)(H,23,29)(H,24,25,26,27)/t15-/m0/s1. The van der Waals surface area contributed by atoms with Gasteiger partial charge >= 0.3 is 6.09 Å². The predicted octanol–water partition coefficient (Wildman–Crippen LogP) is 2.30. The Bertz CT molecular complexity index is 983. The molecule has 1 aromatic heterocycles. The SMILES string of the molecule is Nc1ccc(Cl)cc1NC(=O)[C@H](CCc1nn[nH]n1)NC(=O)OCc1ccccc1. The minimum atomic E-state index is -0.926. The summed E-state index contributed by atoms with van der Waals surface area (Å²) in [4.78, 5) is 25.1. The van der Waals surface area contributed by atoms with E-state index in [1.54, 1.807) is 12.1 Å². The number of aryl methyl sites for hydroxylation is 1. The molecule has 0 saturated carbocycles. The molecule has 1 atom stereocenters. The Morgan fingerprint density at radius 2 is 2.00 bits per heavy atom. The number of aromatic nitrogens is 4. The molecule has 5 N–H and O–H groups in total. The zero-order chi connectivity index (χ0) is 21.3. The fraction of sp³-hybridized carbons (Fsp3) is 0.211. The lowest BCUT2D eigenvalue weighted by molar-refractivity contribution is -0.118. The number of rotatable bonds is 8. The van der Waals surface area contributed by atoms with E-state index < -0.39 is 18.0 Å². The van der Waals surface area contributed by atoms with Crippen LogP contribution < -0.4 is 16.4 Å². The number of hydrogen-bond donors (Lipinski definition) is 4. The van der Waals surface area contributed by atoms with Crippen molar-refractivity contribution in [3.05, 3.63) is 64.9 Å². The van der Waals surface area contributed by atoms with Gasteiger partial charge < -0.3 is 21.1 Å². The molecule has 0 radical (unpaired) electrons. The molecule has 3 aromatic rings. The largest absolute Gasteiger partial charge is 0.445 e. The molecule has 0 aliphatic carbocycles. The van der Waals surface area contributed by atoms with Gasteiger partial charge in [0.1, 0.15) is 12.6 Å². The van der Waals surface area contributed by atoms with Crippen LogP contribution >= 0.6 is 11.6 Å². The number of ether oxygens (including phenoxy) is 1. The molecule has 2 aromatic carbocycles. The summed E-state index contributed by atoms with van der Waals surface area (Å²) in [7, 11) is 0. The fourth-order valence-corrected chi connectivity index (χ4v) is 2.77. The number of H-pyrrole nitrogens is 1. The topological polar surface area (TPSA) is 148 Å². The normalized spacial score (nSPS) is 11.5. The van der Waals surface area contributed by atoms with Gasteiger partial charge in [0.25, 0.3) is 0 Å². The highest BCUT2D eigenvalue weighted by Crippen LogP contribution is 2.23. The summed E-state index contributed by atoms with van der Waals surface area (Å²) < 4.78 is 5.21. The van der Waals surface area contributed by atoms with Gasteiger partial charge in [0.2, 0.25) is 5.91 Å². The van der Waals surface area contributed by atoms with Crippen molar-refractivity contribution in [1.82, 2.24) is 25.9 Å². The van der Waals surface area contributed by atoms with Crippen molar-refractivity contribution in [1.29, 1.82) is 0 Å². The van der Waals surface area contributed by atoms with Crippen molar-refractivity contribution in [3.63, 3.8) is 0 Å². The number of carbonyl (C=O) groups is 2. The van der Waals surface area contributed by atoms with E-state index >= 15 is 0 Å². The second kappa shape index (κ2) is 10.2. The zero-order valence-corrected chi connectivity index (χ0v) is 16.6. The van der Waals surface area contributed by atoms with Crippen LogP contribution in [0, 0.1) is 0 Å². The highest BCUT2D eigenvalue weighted by molar-refractivity contribution is 6.31. The third kappa shape index (κ3) is 6.17. The number of hydrogen-bond acceptors (Lipinski definition) is 7. The number of aromatic amines is 1. The third-order valence-corrected chi connectivity index (χ3v) is 4.38. The van der Waals surface area contributed by atoms with Gasteiger partial charge in [-0.1, -0.05) is 47.1 Å². The molecule has 156 valence electrons. The number of nitrogens with zero attached hydrogens (tertiary/aromatic N) is 3. The van der Waals surface area contributed by atoms with Gasteiger partial charge in [-0.25, -0.2) is 4.79 Å². The number of alkyl carbamates (subject to hydrolysis) is 1. The first-order valence-corrected chi connectivity index (χ1v) is 9.44. The van der Waals surface area contributed by atoms with E-state index in [0.717, 1.165) is 5.56 Å². The van der Waals surface area contributed by atoms with Crippen LogP contribution in [0.2, 0.25) is 5.02 Å². The van der Waals surface area contributed by atoms with Crippen molar-refractivity contribution in [2.75, 3.05) is 11.1 Å². The highest BCUT2D eigenvalue weighted by atomic mass is 35.5. The second-order valence-corrected chi connectivity index (χ2v) is 6.78. The van der Waals surface area contributed by atoms with Gasteiger partial charge in [0.05, 0.1) is 11.4 Å². The number of nitrogens with two attached hydrogens (primary N) is 1. The molecule has 0 unspecified atom stereocenters. The number of tetrazole rings is 1. The molecule has 30 heavy (non-hydrogen) atoms. The number of anilines is 2. The maximum Gasteiger partial charge on any atom is 0.408 e. The molecule has 0 saturated heterocycles. The summed E-state index contributed by atoms with van der Waals surface area (Å²) in [6, 6.07) is 13.0. The number of benzene rings is 2. The molecule has 0 bridgehead atoms. The van der Waals surface area contributed by atoms with Gasteiger partial charge in [0.15, 0.2) is 5.82 Å². The number of nitrogens with one attached hydrogen (secondary N) is 3. The summed E-state index contributed by atoms with van der Waals surface area (Å²) in [5, 5.41) is 19.2. The first kappa shape index (κ1) is 21.1. The van der Waals surface area contributed by atoms with Gasteiger partial charge in [-0.3, -0.25) is 4.79 Å². The molecular formula is C19H20ClN7O3. The Morgan fingerprint density at radius 1 is 1.20 bits per heavy atom. The summed E-state index contributed by atoms with van der Waals surface area (Å²) in [6.45, 7) is 0.0765. The predicted molar refractivity (Wildman–Crippen MR) is 111 cm³/mol. The smallest absolute Gasteiger partial charge is 0.408 e. The van der Waals surface area contributed by atoms with Crippen LogP contribution in [0.4, 0.5) is 16.2 Å². The zero-order valence-electron chi connectivity index (χ0n) is 15.8. The Kier molecular flexibility index (Phi) is 7.17. The first-order valence-electron chi connectivity index (χ1n) is 9.06. The second-order valence-electron chi connectivity index (χ2n) is 6.35. The Hall–Kier alpha value is -3.66. The van der Waals surface area contributed by atoms with E-state index in [-0.39, 0.29) is 13.0 Å². The van der Waals surface area contributed by atoms with Gasteiger partial charge in [-0.05, 0) is 30.2 Å². The van der Waals surface area contributed by atoms with Crippen LogP contribution in [0.3, 0.4) is 0 Å². The molecule has 3 rings (SSSR count). The molecule has 0 fully saturated rings. The highest BCUT2D eigenvalue weighted by Gasteiger charge is 2.23. The fourth-order valence-electron chi connectivity index (χ4n) is 2.59. The van der Waals surface area contributed by atoms with Gasteiger partial charge in [-0.15, -0.1) is 10.2 Å². The summed E-state index contributed by atoms with van der Waals surface area (Å²) >= 11 is 5.97. The van der Waals surface area contributed by atoms with E-state index in [1.165, 1.54) is 6.07 Å². The van der Waals surface area contributed by atoms with Crippen LogP contribution in [-0.2, 0) is 22.6 Å². The van der Waals surface area contributed by atoms with Crippen molar-refractivity contribution >= 4 is 35.0 Å². The van der Waals surface area contributed by atoms with Crippen molar-refractivity contribution in [2.24, 2.45) is 0 Å². The van der Waals surface area contributed by atoms with Gasteiger partial charge in [0, 0.05) is 11.4 Å². The molecule has 0 aliphatic rings. The number of nitrogen functional groups attached to an aromatic ring is 1. The molecule has 1 heterocycles. The first-order chi connectivity index (χ1) is 14.5. The Labute approximate surface area is 177 Å². The quantitative estimate of drug-likeness (QED) is 0.401. The Morgan fingerprint density at radius 3 is 2.73 bits per heavy atom. The van der Waals surface area contributed by atoms with Crippen molar-refractivity contribution in [3.8, 4) is 0 Å². The van der Waals surface area contributed by atoms with E-state index in [2.05, 4.69) is 31.3 Å². The van der Waals surface area contributed by atoms with Crippen LogP contribution in [0.1, 0.15) is 17.8 Å². The number of amides is 2. The summed E-state index contributed by atoms with van der Waals surface area (Å²) in [5.74, 6) is -0.0707. The van der Waals surface area contributed by atoms with Crippen LogP contribution in [0.25, 0.3) is 0 Å². The van der Waals surface area contributed by atoms with Crippen LogP contribution in [-0.4, -0.2) is 38.7 Å². The van der Waals surface area contributed by atoms with E-state index in [9.17, 15) is 9.59 Å². The lowest BCUT2D eigenvalue weighted by Gasteiger charge is -2.18. The van der Waals surface area contributed by atoms with E-state index in [0.29, 0.717) is 28.6 Å². The lowest BCUT2D eigenvalue weighted by atomic mass is 10.1. The molecule has 2 amide bonds. The minimum absolute atomic E-state index is 0.0765. The lowest BCUT2D eigenvalue weighted by Crippen LogP contribution is -2.44. The average Bonchev–Trinajstić information content (AvgIpc) is 3.26. The third-order valence-electron chi connectivity index (χ3n) is 4.14.